The zero-order valence-electron chi connectivity index (χ0n) is 10.4. The Morgan fingerprint density at radius 1 is 1.44 bits per heavy atom. The highest BCUT2D eigenvalue weighted by atomic mass is 19.1. The lowest BCUT2D eigenvalue weighted by atomic mass is 10.3. The van der Waals surface area contributed by atoms with Crippen LogP contribution >= 0.6 is 0 Å². The molecular formula is C13H16FNO3. The van der Waals surface area contributed by atoms with E-state index < -0.39 is 0 Å². The zero-order chi connectivity index (χ0) is 13.1. The van der Waals surface area contributed by atoms with E-state index in [-0.39, 0.29) is 30.7 Å². The molecule has 1 unspecified atom stereocenters. The van der Waals surface area contributed by atoms with Crippen LogP contribution in [0.15, 0.2) is 24.3 Å². The van der Waals surface area contributed by atoms with Gasteiger partial charge in [-0.05, 0) is 38.1 Å². The quantitative estimate of drug-likeness (QED) is 0.827. The number of hydrogen-bond acceptors (Lipinski definition) is 3. The van der Waals surface area contributed by atoms with Crippen molar-refractivity contribution < 1.29 is 18.7 Å². The minimum absolute atomic E-state index is 0.119. The van der Waals surface area contributed by atoms with Gasteiger partial charge in [0, 0.05) is 6.04 Å². The topological polar surface area (TPSA) is 38.8 Å². The molecular weight excluding hydrogens is 237 g/mol. The van der Waals surface area contributed by atoms with Gasteiger partial charge in [-0.2, -0.15) is 0 Å². The molecule has 1 aromatic carbocycles. The maximum atomic E-state index is 12.7. The molecule has 1 amide bonds. The van der Waals surface area contributed by atoms with E-state index in [1.807, 2.05) is 13.8 Å². The second-order valence-corrected chi connectivity index (χ2v) is 4.52. The summed E-state index contributed by atoms with van der Waals surface area (Å²) in [6, 6.07) is 5.87. The molecule has 1 fully saturated rings. The van der Waals surface area contributed by atoms with Gasteiger partial charge in [-0.3, -0.25) is 0 Å². The van der Waals surface area contributed by atoms with E-state index in [0.29, 0.717) is 12.3 Å². The number of amides is 1. The summed E-state index contributed by atoms with van der Waals surface area (Å²) in [6.45, 7) is 4.67. The van der Waals surface area contributed by atoms with Gasteiger partial charge in [-0.25, -0.2) is 9.18 Å². The molecule has 98 valence electrons. The zero-order valence-corrected chi connectivity index (χ0v) is 10.4. The van der Waals surface area contributed by atoms with Crippen molar-refractivity contribution >= 4 is 6.09 Å². The summed E-state index contributed by atoms with van der Waals surface area (Å²) in [5, 5.41) is 0. The van der Waals surface area contributed by atoms with Crippen LogP contribution in [0.5, 0.6) is 5.75 Å². The van der Waals surface area contributed by atoms with Crippen LogP contribution in [-0.4, -0.2) is 36.3 Å². The Labute approximate surface area is 105 Å². The third-order valence-electron chi connectivity index (χ3n) is 2.78. The first-order valence-corrected chi connectivity index (χ1v) is 5.92. The van der Waals surface area contributed by atoms with Crippen molar-refractivity contribution in [3.8, 4) is 5.75 Å². The Morgan fingerprint density at radius 2 is 2.11 bits per heavy atom. The van der Waals surface area contributed by atoms with Crippen LogP contribution in [0.25, 0.3) is 0 Å². The molecule has 0 saturated carbocycles. The first-order valence-electron chi connectivity index (χ1n) is 5.92. The van der Waals surface area contributed by atoms with Crippen molar-refractivity contribution in [1.29, 1.82) is 0 Å². The van der Waals surface area contributed by atoms with Crippen LogP contribution in [0.2, 0.25) is 0 Å². The Hall–Kier alpha value is -1.78. The van der Waals surface area contributed by atoms with Gasteiger partial charge in [0.25, 0.3) is 0 Å². The average Bonchev–Trinajstić information content (AvgIpc) is 2.70. The molecule has 1 atom stereocenters. The second-order valence-electron chi connectivity index (χ2n) is 4.52. The summed E-state index contributed by atoms with van der Waals surface area (Å²) < 4.78 is 23.3. The Morgan fingerprint density at radius 3 is 2.67 bits per heavy atom. The van der Waals surface area contributed by atoms with Crippen LogP contribution in [0.3, 0.4) is 0 Å². The SMILES string of the molecule is CC(C)N1CC(COc2ccc(F)cc2)OC1=O. The molecule has 2 rings (SSSR count). The fourth-order valence-electron chi connectivity index (χ4n) is 1.77. The van der Waals surface area contributed by atoms with E-state index in [2.05, 4.69) is 0 Å². The average molecular weight is 253 g/mol. The molecule has 0 aromatic heterocycles. The van der Waals surface area contributed by atoms with Gasteiger partial charge < -0.3 is 14.4 Å². The monoisotopic (exact) mass is 253 g/mol. The molecule has 0 N–H and O–H groups in total. The minimum atomic E-state index is -0.308. The number of carbonyl (C=O) groups excluding carboxylic acids is 1. The molecule has 1 heterocycles. The third-order valence-corrected chi connectivity index (χ3v) is 2.78. The first-order chi connectivity index (χ1) is 8.56. The van der Waals surface area contributed by atoms with E-state index in [0.717, 1.165) is 0 Å². The van der Waals surface area contributed by atoms with Crippen molar-refractivity contribution in [2.75, 3.05) is 13.2 Å². The predicted molar refractivity (Wildman–Crippen MR) is 64.0 cm³/mol. The molecule has 1 saturated heterocycles. The molecule has 4 nitrogen and oxygen atoms in total. The van der Waals surface area contributed by atoms with Crippen LogP contribution in [0.4, 0.5) is 9.18 Å². The standard InChI is InChI=1S/C13H16FNO3/c1-9(2)15-7-12(18-13(15)16)8-17-11-5-3-10(14)4-6-11/h3-6,9,12H,7-8H2,1-2H3. The van der Waals surface area contributed by atoms with E-state index in [9.17, 15) is 9.18 Å². The van der Waals surface area contributed by atoms with Crippen LogP contribution in [0, 0.1) is 5.82 Å². The Bertz CT molecular complexity index is 419. The van der Waals surface area contributed by atoms with Gasteiger partial charge in [0.05, 0.1) is 6.54 Å². The van der Waals surface area contributed by atoms with Gasteiger partial charge in [0.2, 0.25) is 0 Å². The molecule has 1 aliphatic heterocycles. The summed E-state index contributed by atoms with van der Waals surface area (Å²) in [5.41, 5.74) is 0. The number of hydrogen-bond donors (Lipinski definition) is 0. The van der Waals surface area contributed by atoms with Crippen molar-refractivity contribution in [2.45, 2.75) is 26.0 Å². The first kappa shape index (κ1) is 12.7. The van der Waals surface area contributed by atoms with Gasteiger partial charge in [-0.1, -0.05) is 0 Å². The Balaban J connectivity index is 1.85. The highest BCUT2D eigenvalue weighted by Crippen LogP contribution is 2.17. The van der Waals surface area contributed by atoms with Crippen LogP contribution in [0.1, 0.15) is 13.8 Å². The van der Waals surface area contributed by atoms with E-state index in [4.69, 9.17) is 9.47 Å². The van der Waals surface area contributed by atoms with Crippen LogP contribution in [-0.2, 0) is 4.74 Å². The fourth-order valence-corrected chi connectivity index (χ4v) is 1.77. The van der Waals surface area contributed by atoms with Crippen molar-refractivity contribution in [3.05, 3.63) is 30.1 Å². The number of carbonyl (C=O) groups is 1. The normalized spacial score (nSPS) is 19.2. The smallest absolute Gasteiger partial charge is 0.410 e. The lowest BCUT2D eigenvalue weighted by Crippen LogP contribution is -2.32. The largest absolute Gasteiger partial charge is 0.490 e. The second kappa shape index (κ2) is 5.25. The lowest BCUT2D eigenvalue weighted by Gasteiger charge is -2.16. The predicted octanol–water partition coefficient (Wildman–Crippen LogP) is 2.43. The number of rotatable bonds is 4. The van der Waals surface area contributed by atoms with Gasteiger partial charge >= 0.3 is 6.09 Å². The van der Waals surface area contributed by atoms with Gasteiger partial charge in [-0.15, -0.1) is 0 Å². The molecule has 0 radical (unpaired) electrons. The lowest BCUT2D eigenvalue weighted by molar-refractivity contribution is 0.102. The summed E-state index contributed by atoms with van der Waals surface area (Å²) in [4.78, 5) is 13.1. The number of halogens is 1. The molecule has 1 aromatic rings. The van der Waals surface area contributed by atoms with Gasteiger partial charge in [0.1, 0.15) is 18.2 Å². The molecule has 0 bridgehead atoms. The van der Waals surface area contributed by atoms with Crippen molar-refractivity contribution in [2.24, 2.45) is 0 Å². The summed E-state index contributed by atoms with van der Waals surface area (Å²) in [7, 11) is 0. The molecule has 18 heavy (non-hydrogen) atoms. The number of ether oxygens (including phenoxy) is 2. The fraction of sp³-hybridized carbons (Fsp3) is 0.462. The Kier molecular flexibility index (Phi) is 3.69. The third kappa shape index (κ3) is 2.91. The summed E-state index contributed by atoms with van der Waals surface area (Å²) >= 11 is 0. The maximum absolute atomic E-state index is 12.7. The highest BCUT2D eigenvalue weighted by molar-refractivity contribution is 5.70. The molecule has 5 heteroatoms. The number of nitrogens with zero attached hydrogens (tertiary/aromatic N) is 1. The van der Waals surface area contributed by atoms with Crippen molar-refractivity contribution in [1.82, 2.24) is 4.90 Å². The molecule has 0 aliphatic carbocycles. The summed E-state index contributed by atoms with van der Waals surface area (Å²) in [6.07, 6.45) is -0.581. The minimum Gasteiger partial charge on any atom is -0.490 e. The molecule has 0 spiro atoms. The van der Waals surface area contributed by atoms with Gasteiger partial charge in [0.15, 0.2) is 6.10 Å². The summed E-state index contributed by atoms with van der Waals surface area (Å²) in [5.74, 6) is 0.260. The number of benzene rings is 1. The van der Waals surface area contributed by atoms with Crippen LogP contribution < -0.4 is 4.74 Å². The van der Waals surface area contributed by atoms with E-state index in [1.165, 1.54) is 12.1 Å². The highest BCUT2D eigenvalue weighted by Gasteiger charge is 2.33. The van der Waals surface area contributed by atoms with Crippen molar-refractivity contribution in [3.63, 3.8) is 0 Å². The molecule has 1 aliphatic rings. The van der Waals surface area contributed by atoms with E-state index in [1.54, 1.807) is 17.0 Å². The van der Waals surface area contributed by atoms with E-state index >= 15 is 0 Å². The number of cyclic esters (lactones) is 1. The maximum Gasteiger partial charge on any atom is 0.410 e.